The molecule has 1 fully saturated rings. The van der Waals surface area contributed by atoms with Crippen LogP contribution in [0.15, 0.2) is 24.3 Å². The molecule has 7 amide bonds. The van der Waals surface area contributed by atoms with Crippen LogP contribution in [0.2, 0.25) is 0 Å². The number of Topliss-reactive ketones (excluding diaryl/α,β-unsaturated/α-hetero) is 1. The molecule has 19 nitrogen and oxygen atoms in total. The average molecular weight is 879 g/mol. The van der Waals surface area contributed by atoms with Crippen molar-refractivity contribution in [3.8, 4) is 0 Å². The molecular formula is C41H66N8O11S. The first-order valence-electron chi connectivity index (χ1n) is 20.6. The van der Waals surface area contributed by atoms with Crippen molar-refractivity contribution in [1.82, 2.24) is 36.8 Å². The lowest BCUT2D eigenvalue weighted by Crippen LogP contribution is -2.55. The zero-order valence-electron chi connectivity index (χ0n) is 36.3. The molecule has 1 heterocycles. The van der Waals surface area contributed by atoms with Crippen LogP contribution in [0, 0.1) is 5.92 Å². The van der Waals surface area contributed by atoms with Gasteiger partial charge in [-0.1, -0.05) is 38.1 Å². The van der Waals surface area contributed by atoms with Gasteiger partial charge in [-0.05, 0) is 57.8 Å². The predicted octanol–water partition coefficient (Wildman–Crippen LogP) is -0.948. The molecule has 8 N–H and O–H groups in total. The standard InChI is InChI=1S/C41H66N8O11S/c1-26(2)20-31(39(55)44-22-35(51)47-33(25-61-6)40(56)45-27(3)4)48-41(57)34-8-7-15-49(34)37(53)24-59-17-14-43-38(54)32(21-29-9-11-30(12-10-29)28(5)50)46-36(52)23-60-19-18-58-16-13-42/h9-12,26-27,31-34H,7-8,13-25,42H2,1-6H3,(H,43,54)(H,44,55)(H,45,56)(H,46,52)(H,47,51)(H,48,57)/t31-,32-,33-,34-/m0/s1. The molecule has 0 radical (unpaired) electrons. The summed E-state index contributed by atoms with van der Waals surface area (Å²) in [7, 11) is 0. The molecule has 0 aliphatic carbocycles. The summed E-state index contributed by atoms with van der Waals surface area (Å²) in [6.07, 6.45) is 3.14. The zero-order valence-corrected chi connectivity index (χ0v) is 37.1. The van der Waals surface area contributed by atoms with Gasteiger partial charge in [0, 0.05) is 43.4 Å². The van der Waals surface area contributed by atoms with Crippen molar-refractivity contribution < 1.29 is 52.6 Å². The van der Waals surface area contributed by atoms with Crippen molar-refractivity contribution in [2.45, 2.75) is 90.5 Å². The molecule has 0 aromatic heterocycles. The number of likely N-dealkylation sites (tertiary alicyclic amines) is 1. The van der Waals surface area contributed by atoms with Crippen molar-refractivity contribution in [2.75, 3.05) is 77.8 Å². The monoisotopic (exact) mass is 878 g/mol. The summed E-state index contributed by atoms with van der Waals surface area (Å²) in [6, 6.07) is 2.98. The first-order valence-corrected chi connectivity index (χ1v) is 22.0. The van der Waals surface area contributed by atoms with Crippen LogP contribution in [0.3, 0.4) is 0 Å². The Labute approximate surface area is 362 Å². The van der Waals surface area contributed by atoms with E-state index in [1.165, 1.54) is 23.6 Å². The lowest BCUT2D eigenvalue weighted by molar-refractivity contribution is -0.142. The Kier molecular flexibility index (Phi) is 24.8. The second-order valence-corrected chi connectivity index (χ2v) is 16.2. The zero-order chi connectivity index (χ0) is 45.3. The van der Waals surface area contributed by atoms with E-state index in [4.69, 9.17) is 19.9 Å². The van der Waals surface area contributed by atoms with Crippen LogP contribution >= 0.6 is 11.8 Å². The molecule has 0 bridgehead atoms. The first kappa shape index (κ1) is 52.5. The number of ketones is 1. The second-order valence-electron chi connectivity index (χ2n) is 15.3. The number of carbonyl (C=O) groups excluding carboxylic acids is 8. The van der Waals surface area contributed by atoms with E-state index in [2.05, 4.69) is 31.9 Å². The molecular weight excluding hydrogens is 813 g/mol. The van der Waals surface area contributed by atoms with Gasteiger partial charge in [0.15, 0.2) is 5.78 Å². The molecule has 1 saturated heterocycles. The fourth-order valence-corrected chi connectivity index (χ4v) is 6.78. The van der Waals surface area contributed by atoms with Gasteiger partial charge in [0.2, 0.25) is 41.4 Å². The SMILES string of the molecule is CSC[C@H](NC(=O)CNC(=O)[C@H](CC(C)C)NC(=O)[C@@H]1CCCN1C(=O)COCCNC(=O)[C@H](Cc1ccc(C(C)=O)cc1)NC(=O)COCCOCCN)C(=O)NC(C)C. The van der Waals surface area contributed by atoms with Crippen molar-refractivity contribution in [2.24, 2.45) is 11.7 Å². The van der Waals surface area contributed by atoms with Crippen molar-refractivity contribution in [1.29, 1.82) is 0 Å². The highest BCUT2D eigenvalue weighted by Crippen LogP contribution is 2.19. The van der Waals surface area contributed by atoms with Gasteiger partial charge >= 0.3 is 0 Å². The molecule has 61 heavy (non-hydrogen) atoms. The van der Waals surface area contributed by atoms with Crippen LogP contribution in [-0.2, 0) is 54.2 Å². The minimum atomic E-state index is -0.989. The van der Waals surface area contributed by atoms with Gasteiger partial charge in [-0.2, -0.15) is 11.8 Å². The number of thioether (sulfide) groups is 1. The Balaban J connectivity index is 1.92. The van der Waals surface area contributed by atoms with E-state index in [0.29, 0.717) is 49.4 Å². The average Bonchev–Trinajstić information content (AvgIpc) is 3.71. The van der Waals surface area contributed by atoms with Crippen LogP contribution in [-0.4, -0.2) is 160 Å². The Morgan fingerprint density at radius 2 is 1.43 bits per heavy atom. The molecule has 20 heteroatoms. The maximum Gasteiger partial charge on any atom is 0.249 e. The molecule has 1 aromatic rings. The van der Waals surface area contributed by atoms with Gasteiger partial charge in [-0.15, -0.1) is 0 Å². The molecule has 1 aliphatic heterocycles. The summed E-state index contributed by atoms with van der Waals surface area (Å²) in [5.74, 6) is -3.20. The van der Waals surface area contributed by atoms with Gasteiger partial charge in [-0.25, -0.2) is 0 Å². The number of benzene rings is 1. The van der Waals surface area contributed by atoms with Crippen LogP contribution in [0.1, 0.15) is 69.8 Å². The number of ether oxygens (including phenoxy) is 3. The minimum Gasteiger partial charge on any atom is -0.378 e. The third kappa shape index (κ3) is 20.7. The van der Waals surface area contributed by atoms with Crippen LogP contribution in [0.25, 0.3) is 0 Å². The van der Waals surface area contributed by atoms with Crippen LogP contribution < -0.4 is 37.6 Å². The van der Waals surface area contributed by atoms with Crippen molar-refractivity contribution >= 4 is 58.9 Å². The van der Waals surface area contributed by atoms with Gasteiger partial charge in [0.25, 0.3) is 0 Å². The fraction of sp³-hybridized carbons (Fsp3) is 0.659. The summed E-state index contributed by atoms with van der Waals surface area (Å²) in [5.41, 5.74) is 6.60. The number of rotatable bonds is 29. The van der Waals surface area contributed by atoms with Gasteiger partial charge in [0.1, 0.15) is 37.4 Å². The molecule has 2 rings (SSSR count). The van der Waals surface area contributed by atoms with Crippen molar-refractivity contribution in [3.63, 3.8) is 0 Å². The largest absolute Gasteiger partial charge is 0.378 e. The molecule has 342 valence electrons. The second kappa shape index (κ2) is 28.8. The number of amides is 7. The highest BCUT2D eigenvalue weighted by atomic mass is 32.2. The Morgan fingerprint density at radius 1 is 0.770 bits per heavy atom. The Morgan fingerprint density at radius 3 is 2.07 bits per heavy atom. The van der Waals surface area contributed by atoms with E-state index in [-0.39, 0.29) is 76.1 Å². The lowest BCUT2D eigenvalue weighted by atomic mass is 10.0. The van der Waals surface area contributed by atoms with Gasteiger partial charge in [0.05, 0.1) is 33.0 Å². The Bertz CT molecular complexity index is 1600. The topological polar surface area (TPSA) is 266 Å². The van der Waals surface area contributed by atoms with E-state index in [1.807, 2.05) is 34.0 Å². The summed E-state index contributed by atoms with van der Waals surface area (Å²) in [5, 5.41) is 16.1. The van der Waals surface area contributed by atoms with E-state index < -0.39 is 66.2 Å². The molecule has 1 aromatic carbocycles. The van der Waals surface area contributed by atoms with Crippen molar-refractivity contribution in [3.05, 3.63) is 35.4 Å². The number of nitrogens with zero attached hydrogens (tertiary/aromatic N) is 1. The molecule has 0 unspecified atom stereocenters. The molecule has 0 saturated carbocycles. The molecule has 4 atom stereocenters. The van der Waals surface area contributed by atoms with E-state index in [9.17, 15) is 38.4 Å². The quantitative estimate of drug-likeness (QED) is 0.0379. The van der Waals surface area contributed by atoms with E-state index in [0.717, 1.165) is 0 Å². The number of hydrogen-bond donors (Lipinski definition) is 7. The van der Waals surface area contributed by atoms with Crippen LogP contribution in [0.4, 0.5) is 0 Å². The molecule has 1 aliphatic rings. The maximum atomic E-state index is 13.5. The van der Waals surface area contributed by atoms with E-state index >= 15 is 0 Å². The predicted molar refractivity (Wildman–Crippen MR) is 229 cm³/mol. The Hall–Kier alpha value is -4.63. The highest BCUT2D eigenvalue weighted by Gasteiger charge is 2.36. The molecule has 0 spiro atoms. The third-order valence-corrected chi connectivity index (χ3v) is 9.81. The summed E-state index contributed by atoms with van der Waals surface area (Å²) in [6.45, 7) is 9.18. The summed E-state index contributed by atoms with van der Waals surface area (Å²) >= 11 is 1.39. The third-order valence-electron chi connectivity index (χ3n) is 9.15. The first-order chi connectivity index (χ1) is 29.1. The van der Waals surface area contributed by atoms with Gasteiger partial charge in [-0.3, -0.25) is 38.4 Å². The fourth-order valence-electron chi connectivity index (χ4n) is 6.22. The summed E-state index contributed by atoms with van der Waals surface area (Å²) in [4.78, 5) is 104. The number of nitrogens with one attached hydrogen (secondary N) is 6. The lowest BCUT2D eigenvalue weighted by Gasteiger charge is -2.27. The number of hydrogen-bond acceptors (Lipinski definition) is 13. The normalized spacial score (nSPS) is 15.1. The van der Waals surface area contributed by atoms with Crippen LogP contribution in [0.5, 0.6) is 0 Å². The van der Waals surface area contributed by atoms with Gasteiger partial charge < -0.3 is 56.7 Å². The smallest absolute Gasteiger partial charge is 0.249 e. The van der Waals surface area contributed by atoms with E-state index in [1.54, 1.807) is 24.3 Å². The number of nitrogens with two attached hydrogens (primary N) is 1. The highest BCUT2D eigenvalue weighted by molar-refractivity contribution is 7.98. The minimum absolute atomic E-state index is 0.00260. The number of carbonyl (C=O) groups is 8. The maximum absolute atomic E-state index is 13.5. The summed E-state index contributed by atoms with van der Waals surface area (Å²) < 4.78 is 16.1.